The Labute approximate surface area is 94.6 Å². The number of amides is 1. The largest absolute Gasteiger partial charge is 0.342 e. The summed E-state index contributed by atoms with van der Waals surface area (Å²) in [6.07, 6.45) is 2.34. The molecule has 1 amide bonds. The highest BCUT2D eigenvalue weighted by molar-refractivity contribution is 6.73. The minimum absolute atomic E-state index is 0.00444. The summed E-state index contributed by atoms with van der Waals surface area (Å²) < 4.78 is 0. The minimum Gasteiger partial charge on any atom is -0.342 e. The molecule has 0 saturated carbocycles. The number of nitrogens with one attached hydrogen (secondary N) is 1. The van der Waals surface area contributed by atoms with Crippen LogP contribution in [0.4, 0.5) is 0 Å². The molecule has 0 heterocycles. The topological polar surface area (TPSA) is 32.3 Å². The Balaban J connectivity index is 3.85. The Kier molecular flexibility index (Phi) is 5.83. The van der Waals surface area contributed by atoms with Gasteiger partial charge in [0.25, 0.3) is 0 Å². The van der Waals surface area contributed by atoms with E-state index in [1.807, 2.05) is 7.05 Å². The second-order valence-corrected chi connectivity index (χ2v) is 9.84. The molecule has 4 heteroatoms. The van der Waals surface area contributed by atoms with Crippen molar-refractivity contribution in [3.8, 4) is 0 Å². The summed E-state index contributed by atoms with van der Waals surface area (Å²) in [5, 5.41) is 0. The van der Waals surface area contributed by atoms with Crippen LogP contribution in [0.2, 0.25) is 19.6 Å². The smallest absolute Gasteiger partial charge is 0.245 e. The monoisotopic (exact) mass is 228 g/mol. The Hall–Kier alpha value is -0.613. The zero-order valence-electron chi connectivity index (χ0n) is 10.6. The van der Waals surface area contributed by atoms with E-state index in [-0.39, 0.29) is 5.91 Å². The number of nitrogens with zero attached hydrogens (tertiary/aromatic N) is 1. The molecule has 0 aliphatic heterocycles. The molecule has 1 unspecified atom stereocenters. The SMILES string of the molecule is C=CC(=O)N(C)CCC(C)N[Si](C)(C)C. The van der Waals surface area contributed by atoms with Gasteiger partial charge in [-0.2, -0.15) is 0 Å². The molecule has 0 aromatic rings. The maximum absolute atomic E-state index is 11.2. The predicted octanol–water partition coefficient (Wildman–Crippen LogP) is 1.83. The van der Waals surface area contributed by atoms with Crippen LogP contribution >= 0.6 is 0 Å². The second kappa shape index (κ2) is 6.08. The lowest BCUT2D eigenvalue weighted by Crippen LogP contribution is -2.47. The molecule has 0 aliphatic carbocycles. The van der Waals surface area contributed by atoms with Crippen LogP contribution in [0.25, 0.3) is 0 Å². The van der Waals surface area contributed by atoms with Gasteiger partial charge in [0.15, 0.2) is 0 Å². The molecule has 0 aromatic carbocycles. The fourth-order valence-electron chi connectivity index (χ4n) is 1.46. The van der Waals surface area contributed by atoms with Crippen LogP contribution in [0.1, 0.15) is 13.3 Å². The van der Waals surface area contributed by atoms with Crippen LogP contribution in [-0.4, -0.2) is 38.7 Å². The second-order valence-electron chi connectivity index (χ2n) is 5.05. The van der Waals surface area contributed by atoms with Crippen molar-refractivity contribution < 1.29 is 4.79 Å². The van der Waals surface area contributed by atoms with Gasteiger partial charge in [0, 0.05) is 13.6 Å². The van der Waals surface area contributed by atoms with Gasteiger partial charge in [-0.15, -0.1) is 0 Å². The first-order chi connectivity index (χ1) is 6.76. The van der Waals surface area contributed by atoms with Crippen LogP contribution in [0, 0.1) is 0 Å². The summed E-state index contributed by atoms with van der Waals surface area (Å²) in [4.78, 5) is 16.5. The van der Waals surface area contributed by atoms with Crippen LogP contribution in [0.15, 0.2) is 12.7 Å². The molecule has 0 rings (SSSR count). The highest BCUT2D eigenvalue weighted by Crippen LogP contribution is 2.01. The van der Waals surface area contributed by atoms with Gasteiger partial charge in [-0.25, -0.2) is 0 Å². The van der Waals surface area contributed by atoms with Gasteiger partial charge in [0.1, 0.15) is 8.24 Å². The van der Waals surface area contributed by atoms with Crippen LogP contribution in [0.3, 0.4) is 0 Å². The van der Waals surface area contributed by atoms with Crippen molar-refractivity contribution in [1.29, 1.82) is 0 Å². The van der Waals surface area contributed by atoms with Gasteiger partial charge in [-0.05, 0) is 18.5 Å². The van der Waals surface area contributed by atoms with Gasteiger partial charge in [-0.3, -0.25) is 4.79 Å². The molecule has 3 nitrogen and oxygen atoms in total. The number of rotatable bonds is 6. The molecule has 0 saturated heterocycles. The molecular weight excluding hydrogens is 204 g/mol. The highest BCUT2D eigenvalue weighted by atomic mass is 28.3. The molecule has 0 radical (unpaired) electrons. The third kappa shape index (κ3) is 7.33. The summed E-state index contributed by atoms with van der Waals surface area (Å²) in [7, 11) is 0.609. The van der Waals surface area contributed by atoms with Crippen molar-refractivity contribution in [2.45, 2.75) is 39.0 Å². The van der Waals surface area contributed by atoms with E-state index in [2.05, 4.69) is 38.1 Å². The highest BCUT2D eigenvalue weighted by Gasteiger charge is 2.16. The fourth-order valence-corrected chi connectivity index (χ4v) is 3.09. The Morgan fingerprint density at radius 2 is 2.07 bits per heavy atom. The number of hydrogen-bond acceptors (Lipinski definition) is 2. The lowest BCUT2D eigenvalue weighted by atomic mass is 10.2. The summed E-state index contributed by atoms with van der Waals surface area (Å²) >= 11 is 0. The summed E-state index contributed by atoms with van der Waals surface area (Å²) in [6.45, 7) is 13.3. The zero-order valence-corrected chi connectivity index (χ0v) is 11.6. The maximum Gasteiger partial charge on any atom is 0.245 e. The van der Waals surface area contributed by atoms with E-state index < -0.39 is 8.24 Å². The maximum atomic E-state index is 11.2. The van der Waals surface area contributed by atoms with E-state index in [1.165, 1.54) is 6.08 Å². The first-order valence-corrected chi connectivity index (χ1v) is 8.91. The van der Waals surface area contributed by atoms with Gasteiger partial charge >= 0.3 is 0 Å². The summed E-state index contributed by atoms with van der Waals surface area (Å²) in [5.41, 5.74) is 0. The Bertz CT molecular complexity index is 223. The lowest BCUT2D eigenvalue weighted by molar-refractivity contribution is -0.124. The molecule has 1 N–H and O–H groups in total. The molecule has 0 bridgehead atoms. The van der Waals surface area contributed by atoms with Gasteiger partial charge < -0.3 is 9.88 Å². The molecule has 0 aromatic heterocycles. The Morgan fingerprint density at radius 1 is 1.53 bits per heavy atom. The van der Waals surface area contributed by atoms with Crippen molar-refractivity contribution in [2.24, 2.45) is 0 Å². The van der Waals surface area contributed by atoms with E-state index in [9.17, 15) is 4.79 Å². The lowest BCUT2D eigenvalue weighted by Gasteiger charge is -2.25. The fraction of sp³-hybridized carbons (Fsp3) is 0.727. The normalized spacial score (nSPS) is 13.4. The van der Waals surface area contributed by atoms with E-state index in [4.69, 9.17) is 0 Å². The third-order valence-electron chi connectivity index (χ3n) is 2.13. The van der Waals surface area contributed by atoms with Crippen molar-refractivity contribution >= 4 is 14.1 Å². The van der Waals surface area contributed by atoms with Gasteiger partial charge in [-0.1, -0.05) is 33.1 Å². The van der Waals surface area contributed by atoms with Crippen molar-refractivity contribution in [3.63, 3.8) is 0 Å². The van der Waals surface area contributed by atoms with Gasteiger partial charge in [0.05, 0.1) is 0 Å². The molecule has 1 atom stereocenters. The quantitative estimate of drug-likeness (QED) is 0.556. The van der Waals surface area contributed by atoms with Gasteiger partial charge in [0.2, 0.25) is 5.91 Å². The average Bonchev–Trinajstić information content (AvgIpc) is 2.10. The average molecular weight is 228 g/mol. The van der Waals surface area contributed by atoms with Crippen molar-refractivity contribution in [3.05, 3.63) is 12.7 Å². The molecule has 0 fully saturated rings. The first-order valence-electron chi connectivity index (χ1n) is 5.41. The van der Waals surface area contributed by atoms with Crippen LogP contribution in [0.5, 0.6) is 0 Å². The number of carbonyl (C=O) groups excluding carboxylic acids is 1. The molecule has 88 valence electrons. The van der Waals surface area contributed by atoms with E-state index in [0.29, 0.717) is 6.04 Å². The van der Waals surface area contributed by atoms with Crippen molar-refractivity contribution in [1.82, 2.24) is 9.88 Å². The van der Waals surface area contributed by atoms with E-state index in [1.54, 1.807) is 4.90 Å². The van der Waals surface area contributed by atoms with Crippen molar-refractivity contribution in [2.75, 3.05) is 13.6 Å². The predicted molar refractivity (Wildman–Crippen MR) is 68.4 cm³/mol. The summed E-state index contributed by atoms with van der Waals surface area (Å²) in [5.74, 6) is -0.00444. The standard InChI is InChI=1S/C11H24N2OSi/c1-7-11(14)13(3)9-8-10(2)12-15(4,5)6/h7,10,12H,1,8-9H2,2-6H3. The van der Waals surface area contributed by atoms with Crippen LogP contribution < -0.4 is 4.98 Å². The number of likely N-dealkylation sites (N-methyl/N-ethyl adjacent to an activating group) is 1. The molecule has 15 heavy (non-hydrogen) atoms. The molecule has 0 spiro atoms. The summed E-state index contributed by atoms with van der Waals surface area (Å²) in [6, 6.07) is 0.469. The third-order valence-corrected chi connectivity index (χ3v) is 3.49. The minimum atomic E-state index is -1.20. The van der Waals surface area contributed by atoms with Crippen LogP contribution in [-0.2, 0) is 4.79 Å². The zero-order chi connectivity index (χ0) is 12.1. The van der Waals surface area contributed by atoms with E-state index >= 15 is 0 Å². The van der Waals surface area contributed by atoms with E-state index in [0.717, 1.165) is 13.0 Å². The first kappa shape index (κ1) is 14.4. The molecular formula is C11H24N2OSi. The molecule has 0 aliphatic rings. The number of carbonyl (C=O) groups is 1. The number of hydrogen-bond donors (Lipinski definition) is 1. The Morgan fingerprint density at radius 3 is 2.47 bits per heavy atom.